The highest BCUT2D eigenvalue weighted by molar-refractivity contribution is 6.02. The van der Waals surface area contributed by atoms with Crippen LogP contribution in [0.15, 0.2) is 42.7 Å². The molecule has 0 heterocycles. The van der Waals surface area contributed by atoms with Crippen molar-refractivity contribution in [1.82, 2.24) is 0 Å². The van der Waals surface area contributed by atoms with E-state index in [0.29, 0.717) is 5.56 Å². The Kier molecular flexibility index (Phi) is 4.16. The molecular formula is C12H12O3. The third-order valence-electron chi connectivity index (χ3n) is 1.73. The van der Waals surface area contributed by atoms with Crippen molar-refractivity contribution >= 4 is 11.9 Å². The Morgan fingerprint density at radius 2 is 2.07 bits per heavy atom. The van der Waals surface area contributed by atoms with Gasteiger partial charge in [-0.15, -0.1) is 0 Å². The van der Waals surface area contributed by atoms with Crippen LogP contribution in [0, 0.1) is 0 Å². The zero-order valence-corrected chi connectivity index (χ0v) is 8.38. The summed E-state index contributed by atoms with van der Waals surface area (Å²) in [6.45, 7) is 0. The Morgan fingerprint density at radius 1 is 1.33 bits per heavy atom. The second-order valence-electron chi connectivity index (χ2n) is 2.83. The summed E-state index contributed by atoms with van der Waals surface area (Å²) in [6, 6.07) is 6.79. The van der Waals surface area contributed by atoms with E-state index in [0.717, 1.165) is 0 Å². The molecule has 0 aliphatic rings. The summed E-state index contributed by atoms with van der Waals surface area (Å²) in [5.74, 6) is -0.0441. The van der Waals surface area contributed by atoms with Gasteiger partial charge in [0.2, 0.25) is 0 Å². The molecule has 3 nitrogen and oxygen atoms in total. The molecule has 0 unspecified atom stereocenters. The number of methoxy groups -OCH3 is 1. The number of aromatic hydroxyl groups is 1. The van der Waals surface area contributed by atoms with Gasteiger partial charge < -0.3 is 9.84 Å². The molecule has 15 heavy (non-hydrogen) atoms. The average molecular weight is 204 g/mol. The summed E-state index contributed by atoms with van der Waals surface area (Å²) < 4.78 is 4.60. The van der Waals surface area contributed by atoms with E-state index in [1.54, 1.807) is 30.3 Å². The van der Waals surface area contributed by atoms with E-state index in [-0.39, 0.29) is 11.5 Å². The van der Waals surface area contributed by atoms with Crippen LogP contribution < -0.4 is 0 Å². The van der Waals surface area contributed by atoms with E-state index >= 15 is 0 Å². The van der Waals surface area contributed by atoms with E-state index in [9.17, 15) is 9.90 Å². The lowest BCUT2D eigenvalue weighted by Gasteiger charge is -1.95. The van der Waals surface area contributed by atoms with E-state index < -0.39 is 0 Å². The maximum Gasteiger partial charge on any atom is 0.181 e. The molecule has 0 saturated heterocycles. The molecule has 0 aliphatic heterocycles. The number of carbonyl (C=O) groups is 1. The van der Waals surface area contributed by atoms with Crippen LogP contribution >= 0.6 is 0 Å². The zero-order valence-electron chi connectivity index (χ0n) is 8.38. The van der Waals surface area contributed by atoms with Gasteiger partial charge in [-0.1, -0.05) is 18.2 Å². The highest BCUT2D eigenvalue weighted by Crippen LogP contribution is 2.16. The number of phenols is 1. The average Bonchev–Trinajstić information content (AvgIpc) is 2.25. The summed E-state index contributed by atoms with van der Waals surface area (Å²) in [5.41, 5.74) is 0.608. The Labute approximate surface area is 88.3 Å². The van der Waals surface area contributed by atoms with Crippen LogP contribution in [0.3, 0.4) is 0 Å². The second-order valence-corrected chi connectivity index (χ2v) is 2.83. The van der Waals surface area contributed by atoms with E-state index in [1.807, 2.05) is 0 Å². The molecule has 0 radical (unpaired) electrons. The Bertz CT molecular complexity index is 392. The van der Waals surface area contributed by atoms with Crippen LogP contribution in [0.5, 0.6) is 5.75 Å². The second kappa shape index (κ2) is 5.65. The lowest BCUT2D eigenvalue weighted by atomic mass is 10.2. The Hall–Kier alpha value is -2.03. The van der Waals surface area contributed by atoms with E-state index in [1.165, 1.54) is 25.5 Å². The zero-order chi connectivity index (χ0) is 11.1. The number of benzene rings is 1. The van der Waals surface area contributed by atoms with E-state index in [4.69, 9.17) is 0 Å². The molecule has 0 saturated carbocycles. The number of rotatable bonds is 4. The van der Waals surface area contributed by atoms with Crippen molar-refractivity contribution in [2.24, 2.45) is 0 Å². The van der Waals surface area contributed by atoms with Gasteiger partial charge in [0.05, 0.1) is 13.4 Å². The van der Waals surface area contributed by atoms with Gasteiger partial charge in [-0.25, -0.2) is 0 Å². The first-order valence-corrected chi connectivity index (χ1v) is 4.43. The third-order valence-corrected chi connectivity index (χ3v) is 1.73. The van der Waals surface area contributed by atoms with Crippen molar-refractivity contribution in [2.45, 2.75) is 0 Å². The summed E-state index contributed by atoms with van der Waals surface area (Å²) in [6.07, 6.45) is 5.52. The number of hydrogen-bond donors (Lipinski definition) is 1. The molecule has 1 aromatic rings. The maximum atomic E-state index is 11.2. The normalized spacial score (nSPS) is 11.0. The van der Waals surface area contributed by atoms with Crippen LogP contribution in [-0.4, -0.2) is 18.0 Å². The molecule has 1 N–H and O–H groups in total. The standard InChI is InChI=1S/C12H12O3/c1-15-9-8-11(13)7-6-10-4-2-3-5-12(10)14/h2-9,14H,1H3/b7-6+,9-8+. The van der Waals surface area contributed by atoms with Crippen molar-refractivity contribution < 1.29 is 14.6 Å². The van der Waals surface area contributed by atoms with Gasteiger partial charge in [-0.05, 0) is 18.2 Å². The minimum Gasteiger partial charge on any atom is -0.507 e. The Balaban J connectivity index is 2.70. The van der Waals surface area contributed by atoms with Gasteiger partial charge in [0.25, 0.3) is 0 Å². The Morgan fingerprint density at radius 3 is 2.73 bits per heavy atom. The minimum atomic E-state index is -0.194. The lowest BCUT2D eigenvalue weighted by molar-refractivity contribution is -0.110. The van der Waals surface area contributed by atoms with Gasteiger partial charge in [0.15, 0.2) is 5.78 Å². The van der Waals surface area contributed by atoms with Crippen LogP contribution in [0.1, 0.15) is 5.56 Å². The molecule has 1 aromatic carbocycles. The number of allylic oxidation sites excluding steroid dienone is 2. The molecule has 0 bridgehead atoms. The first-order chi connectivity index (χ1) is 7.24. The minimum absolute atomic E-state index is 0.150. The lowest BCUT2D eigenvalue weighted by Crippen LogP contribution is -1.85. The molecule has 0 spiro atoms. The van der Waals surface area contributed by atoms with Crippen molar-refractivity contribution in [3.8, 4) is 5.75 Å². The highest BCUT2D eigenvalue weighted by Gasteiger charge is 1.94. The van der Waals surface area contributed by atoms with Gasteiger partial charge in [0.1, 0.15) is 5.75 Å². The van der Waals surface area contributed by atoms with Crippen LogP contribution in [-0.2, 0) is 9.53 Å². The predicted octanol–water partition coefficient (Wildman–Crippen LogP) is 2.13. The number of hydrogen-bond acceptors (Lipinski definition) is 3. The molecular weight excluding hydrogens is 192 g/mol. The van der Waals surface area contributed by atoms with Gasteiger partial charge in [0, 0.05) is 11.6 Å². The van der Waals surface area contributed by atoms with Crippen LogP contribution in [0.2, 0.25) is 0 Å². The summed E-state index contributed by atoms with van der Waals surface area (Å²) >= 11 is 0. The molecule has 78 valence electrons. The third kappa shape index (κ3) is 3.68. The fourth-order valence-corrected chi connectivity index (χ4v) is 0.991. The smallest absolute Gasteiger partial charge is 0.181 e. The van der Waals surface area contributed by atoms with Gasteiger partial charge >= 0.3 is 0 Å². The van der Waals surface area contributed by atoms with Crippen molar-refractivity contribution in [3.05, 3.63) is 48.2 Å². The molecule has 0 aliphatic carbocycles. The van der Waals surface area contributed by atoms with Crippen LogP contribution in [0.4, 0.5) is 0 Å². The first-order valence-electron chi connectivity index (χ1n) is 4.43. The predicted molar refractivity (Wildman–Crippen MR) is 58.3 cm³/mol. The number of ether oxygens (including phenoxy) is 1. The fraction of sp³-hybridized carbons (Fsp3) is 0.0833. The fourth-order valence-electron chi connectivity index (χ4n) is 0.991. The molecule has 0 aromatic heterocycles. The number of carbonyl (C=O) groups excluding carboxylic acids is 1. The maximum absolute atomic E-state index is 11.2. The van der Waals surface area contributed by atoms with E-state index in [2.05, 4.69) is 4.74 Å². The number of para-hydroxylation sites is 1. The van der Waals surface area contributed by atoms with Crippen LogP contribution in [0.25, 0.3) is 6.08 Å². The highest BCUT2D eigenvalue weighted by atomic mass is 16.5. The van der Waals surface area contributed by atoms with Crippen molar-refractivity contribution in [3.63, 3.8) is 0 Å². The number of phenolic OH excluding ortho intramolecular Hbond substituents is 1. The van der Waals surface area contributed by atoms with Crippen molar-refractivity contribution in [2.75, 3.05) is 7.11 Å². The summed E-state index contributed by atoms with van der Waals surface area (Å²) in [4.78, 5) is 11.2. The molecule has 1 rings (SSSR count). The quantitative estimate of drug-likeness (QED) is 0.603. The first kappa shape index (κ1) is 11.0. The monoisotopic (exact) mass is 204 g/mol. The largest absolute Gasteiger partial charge is 0.507 e. The molecule has 0 fully saturated rings. The summed E-state index contributed by atoms with van der Waals surface area (Å²) in [7, 11) is 1.47. The van der Waals surface area contributed by atoms with Crippen molar-refractivity contribution in [1.29, 1.82) is 0 Å². The topological polar surface area (TPSA) is 46.5 Å². The molecule has 0 atom stereocenters. The SMILES string of the molecule is CO/C=C/C(=O)/C=C/c1ccccc1O. The molecule has 0 amide bonds. The summed E-state index contributed by atoms with van der Waals surface area (Å²) in [5, 5.41) is 9.39. The number of ketones is 1. The van der Waals surface area contributed by atoms with Gasteiger partial charge in [-0.3, -0.25) is 4.79 Å². The molecule has 3 heteroatoms. The van der Waals surface area contributed by atoms with Gasteiger partial charge in [-0.2, -0.15) is 0 Å².